The molecule has 1 N–H and O–H groups in total. The Hall–Kier alpha value is -1.53. The van der Waals surface area contributed by atoms with Gasteiger partial charge in [0, 0.05) is 12.8 Å². The molecule has 0 heterocycles. The first-order chi connectivity index (χ1) is 12.0. The Morgan fingerprint density at radius 2 is 2.20 bits per heavy atom. The summed E-state index contributed by atoms with van der Waals surface area (Å²) < 4.78 is 4.70. The fourth-order valence-corrected chi connectivity index (χ4v) is 4.21. The lowest BCUT2D eigenvalue weighted by atomic mass is 9.90. The molecule has 2 fully saturated rings. The molecular formula is C22H32O3. The molecule has 2 rings (SSSR count). The zero-order chi connectivity index (χ0) is 18.2. The van der Waals surface area contributed by atoms with Crippen LogP contribution < -0.4 is 0 Å². The number of aliphatic hydroxyl groups excluding tert-OH is 1. The Kier molecular flexibility index (Phi) is 7.78. The summed E-state index contributed by atoms with van der Waals surface area (Å²) in [5, 5.41) is 10.3. The maximum Gasteiger partial charge on any atom is 0.305 e. The predicted molar refractivity (Wildman–Crippen MR) is 101 cm³/mol. The number of carbonyl (C=O) groups is 1. The maximum absolute atomic E-state index is 11.2. The zero-order valence-corrected chi connectivity index (χ0v) is 15.8. The summed E-state index contributed by atoms with van der Waals surface area (Å²) in [6, 6.07) is 0. The molecule has 2 aliphatic rings. The number of fused-ring (bicyclic) bond motifs is 1. The number of aliphatic hydroxyl groups is 1. The third-order valence-corrected chi connectivity index (χ3v) is 5.80. The third-order valence-electron chi connectivity index (χ3n) is 5.80. The topological polar surface area (TPSA) is 46.5 Å². The van der Waals surface area contributed by atoms with Crippen molar-refractivity contribution in [2.45, 2.75) is 64.9 Å². The van der Waals surface area contributed by atoms with E-state index in [1.165, 1.54) is 31.9 Å². The van der Waals surface area contributed by atoms with E-state index >= 15 is 0 Å². The van der Waals surface area contributed by atoms with Crippen LogP contribution in [-0.4, -0.2) is 24.3 Å². The van der Waals surface area contributed by atoms with Crippen LogP contribution in [-0.2, 0) is 9.53 Å². The molecule has 0 bridgehead atoms. The van der Waals surface area contributed by atoms with Crippen molar-refractivity contribution in [3.05, 3.63) is 23.8 Å². The van der Waals surface area contributed by atoms with Gasteiger partial charge >= 0.3 is 5.97 Å². The van der Waals surface area contributed by atoms with Gasteiger partial charge in [-0.3, -0.25) is 4.79 Å². The Morgan fingerprint density at radius 3 is 2.92 bits per heavy atom. The molecule has 0 aliphatic heterocycles. The highest BCUT2D eigenvalue weighted by Crippen LogP contribution is 2.50. The van der Waals surface area contributed by atoms with E-state index < -0.39 is 6.10 Å². The van der Waals surface area contributed by atoms with Crippen molar-refractivity contribution < 1.29 is 14.6 Å². The third kappa shape index (κ3) is 5.75. The van der Waals surface area contributed by atoms with Crippen LogP contribution in [0.2, 0.25) is 0 Å². The quantitative estimate of drug-likeness (QED) is 0.426. The second kappa shape index (κ2) is 9.82. The molecule has 3 heteroatoms. The van der Waals surface area contributed by atoms with E-state index in [9.17, 15) is 9.90 Å². The summed E-state index contributed by atoms with van der Waals surface area (Å²) in [6.45, 7) is 3.89. The van der Waals surface area contributed by atoms with Crippen LogP contribution in [0, 0.1) is 35.5 Å². The molecule has 2 aliphatic carbocycles. The highest BCUT2D eigenvalue weighted by atomic mass is 16.5. The Bertz CT molecular complexity index is 564. The number of allylic oxidation sites excluding steroid dienone is 3. The Labute approximate surface area is 152 Å². The molecule has 3 nitrogen and oxygen atoms in total. The minimum absolute atomic E-state index is 0.133. The zero-order valence-electron chi connectivity index (χ0n) is 15.8. The van der Waals surface area contributed by atoms with Gasteiger partial charge in [0.05, 0.1) is 13.2 Å². The first-order valence-electron chi connectivity index (χ1n) is 9.55. The highest BCUT2D eigenvalue weighted by Gasteiger charge is 2.39. The van der Waals surface area contributed by atoms with Crippen LogP contribution in [0.1, 0.15) is 58.8 Å². The van der Waals surface area contributed by atoms with Crippen LogP contribution in [0.25, 0.3) is 0 Å². The highest BCUT2D eigenvalue weighted by molar-refractivity contribution is 5.69. The lowest BCUT2D eigenvalue weighted by molar-refractivity contribution is -0.140. The molecule has 0 aromatic heterocycles. The number of hydrogen-bond donors (Lipinski definition) is 1. The number of esters is 1. The number of ether oxygens (including phenoxy) is 1. The minimum Gasteiger partial charge on any atom is -0.469 e. The fourth-order valence-electron chi connectivity index (χ4n) is 4.21. The van der Waals surface area contributed by atoms with Gasteiger partial charge in [-0.2, -0.15) is 0 Å². The van der Waals surface area contributed by atoms with E-state index in [0.717, 1.165) is 25.2 Å². The van der Waals surface area contributed by atoms with Crippen LogP contribution in [0.5, 0.6) is 0 Å². The summed E-state index contributed by atoms with van der Waals surface area (Å²) in [6.07, 6.45) is 12.9. The average Bonchev–Trinajstić information content (AvgIpc) is 3.17. The van der Waals surface area contributed by atoms with Crippen molar-refractivity contribution in [3.63, 3.8) is 0 Å². The molecule has 0 aromatic rings. The minimum atomic E-state index is -0.406. The predicted octanol–water partition coefficient (Wildman–Crippen LogP) is 4.27. The standard InChI is InChI=1S/C22H32O3/c1-4-5-7-16(2)21(23)13-12-18-10-11-19-14-17(15-20(18)19)8-6-9-22(24)25-3/h8,12-13,16,18-21,23H,6-7,9-11,14-15H2,1-3H3/b13-12+,17-8-/t16-,18-,19-,20-,21-/m1/s1. The van der Waals surface area contributed by atoms with Gasteiger partial charge in [0.1, 0.15) is 0 Å². The molecule has 138 valence electrons. The Morgan fingerprint density at radius 1 is 1.40 bits per heavy atom. The first-order valence-corrected chi connectivity index (χ1v) is 9.55. The summed E-state index contributed by atoms with van der Waals surface area (Å²) in [7, 11) is 1.44. The molecule has 0 radical (unpaired) electrons. The van der Waals surface area contributed by atoms with Crippen molar-refractivity contribution in [1.82, 2.24) is 0 Å². The maximum atomic E-state index is 11.2. The SMILES string of the molecule is CC#CC[C@@H](C)[C@H](O)/C=C/[C@H]1CC[C@@H]2C/C(=C/CCC(=O)OC)C[C@@H]21. The largest absolute Gasteiger partial charge is 0.469 e. The van der Waals surface area contributed by atoms with Crippen LogP contribution in [0.3, 0.4) is 0 Å². The van der Waals surface area contributed by atoms with Crippen molar-refractivity contribution in [3.8, 4) is 11.8 Å². The summed E-state index contributed by atoms with van der Waals surface area (Å²) in [4.78, 5) is 11.2. The van der Waals surface area contributed by atoms with Gasteiger partial charge in [0.25, 0.3) is 0 Å². The number of rotatable bonds is 7. The molecular weight excluding hydrogens is 312 g/mol. The van der Waals surface area contributed by atoms with Gasteiger partial charge in [-0.15, -0.1) is 11.8 Å². The van der Waals surface area contributed by atoms with Crippen molar-refractivity contribution in [2.24, 2.45) is 23.7 Å². The molecule has 0 saturated heterocycles. The number of hydrogen-bond acceptors (Lipinski definition) is 3. The summed E-state index contributed by atoms with van der Waals surface area (Å²) >= 11 is 0. The van der Waals surface area contributed by atoms with Crippen LogP contribution in [0.15, 0.2) is 23.8 Å². The first kappa shape index (κ1) is 19.8. The number of methoxy groups -OCH3 is 1. The number of carbonyl (C=O) groups excluding carboxylic acids is 1. The molecule has 0 amide bonds. The monoisotopic (exact) mass is 344 g/mol. The summed E-state index contributed by atoms with van der Waals surface area (Å²) in [5.74, 6) is 8.05. The van der Waals surface area contributed by atoms with Crippen LogP contribution in [0.4, 0.5) is 0 Å². The second-order valence-electron chi connectivity index (χ2n) is 7.53. The van der Waals surface area contributed by atoms with E-state index in [1.807, 2.05) is 13.0 Å². The summed E-state index contributed by atoms with van der Waals surface area (Å²) in [5.41, 5.74) is 1.50. The van der Waals surface area contributed by atoms with E-state index in [2.05, 4.69) is 30.9 Å². The molecule has 0 unspecified atom stereocenters. The van der Waals surface area contributed by atoms with Gasteiger partial charge in [-0.25, -0.2) is 0 Å². The van der Waals surface area contributed by atoms with Gasteiger partial charge < -0.3 is 9.84 Å². The van der Waals surface area contributed by atoms with Gasteiger partial charge in [0.15, 0.2) is 0 Å². The molecule has 0 aromatic carbocycles. The molecule has 25 heavy (non-hydrogen) atoms. The lowest BCUT2D eigenvalue weighted by Gasteiger charge is -2.17. The normalized spacial score (nSPS) is 29.3. The molecule has 0 spiro atoms. The van der Waals surface area contributed by atoms with Crippen molar-refractivity contribution >= 4 is 5.97 Å². The van der Waals surface area contributed by atoms with E-state index in [-0.39, 0.29) is 11.9 Å². The average molecular weight is 344 g/mol. The lowest BCUT2D eigenvalue weighted by Crippen LogP contribution is -2.15. The van der Waals surface area contributed by atoms with E-state index in [4.69, 9.17) is 4.74 Å². The molecule has 2 saturated carbocycles. The second-order valence-corrected chi connectivity index (χ2v) is 7.53. The van der Waals surface area contributed by atoms with Crippen molar-refractivity contribution in [2.75, 3.05) is 7.11 Å². The smallest absolute Gasteiger partial charge is 0.305 e. The fraction of sp³-hybridized carbons (Fsp3) is 0.682. The molecule has 5 atom stereocenters. The van der Waals surface area contributed by atoms with Gasteiger partial charge in [-0.1, -0.05) is 30.7 Å². The van der Waals surface area contributed by atoms with Gasteiger partial charge in [-0.05, 0) is 62.7 Å². The van der Waals surface area contributed by atoms with Crippen LogP contribution >= 0.6 is 0 Å². The van der Waals surface area contributed by atoms with E-state index in [0.29, 0.717) is 18.3 Å². The van der Waals surface area contributed by atoms with Gasteiger partial charge in [0.2, 0.25) is 0 Å². The Balaban J connectivity index is 1.84. The van der Waals surface area contributed by atoms with E-state index in [1.54, 1.807) is 0 Å². The van der Waals surface area contributed by atoms with Crippen molar-refractivity contribution in [1.29, 1.82) is 0 Å².